The lowest BCUT2D eigenvalue weighted by Gasteiger charge is -2.42. The molecule has 33 heavy (non-hydrogen) atoms. The number of nitrogens with zero attached hydrogens (tertiary/aromatic N) is 4. The van der Waals surface area contributed by atoms with Crippen molar-refractivity contribution in [2.24, 2.45) is 5.11 Å². The number of azide groups is 1. The van der Waals surface area contributed by atoms with Gasteiger partial charge in [0.15, 0.2) is 0 Å². The molecule has 2 aromatic rings. The fraction of sp³-hybridized carbons (Fsp3) is 0.480. The number of fused-ring (bicyclic) bond motifs is 1. The maximum Gasteiger partial charge on any atom is 0.252 e. The van der Waals surface area contributed by atoms with E-state index in [0.717, 1.165) is 17.5 Å². The van der Waals surface area contributed by atoms with Crippen LogP contribution in [0, 0.1) is 5.82 Å². The summed E-state index contributed by atoms with van der Waals surface area (Å²) in [7, 11) is 0. The van der Waals surface area contributed by atoms with Crippen LogP contribution in [0.25, 0.3) is 10.4 Å². The molecule has 0 N–H and O–H groups in total. The summed E-state index contributed by atoms with van der Waals surface area (Å²) < 4.78 is 25.6. The molecule has 7 nitrogen and oxygen atoms in total. The van der Waals surface area contributed by atoms with Gasteiger partial charge < -0.3 is 14.4 Å². The minimum absolute atomic E-state index is 0.161. The zero-order valence-corrected chi connectivity index (χ0v) is 19.1. The van der Waals surface area contributed by atoms with E-state index < -0.39 is 23.9 Å². The van der Waals surface area contributed by atoms with Crippen LogP contribution in [0.3, 0.4) is 0 Å². The Kier molecular flexibility index (Phi) is 6.70. The maximum atomic E-state index is 13.7. The molecule has 0 radical (unpaired) electrons. The van der Waals surface area contributed by atoms with Crippen molar-refractivity contribution in [1.29, 1.82) is 0 Å². The lowest BCUT2D eigenvalue weighted by Crippen LogP contribution is -2.52. The van der Waals surface area contributed by atoms with Crippen molar-refractivity contribution in [3.63, 3.8) is 0 Å². The number of hydrogen-bond donors (Lipinski definition) is 0. The first-order valence-electron chi connectivity index (χ1n) is 11.2. The third kappa shape index (κ3) is 5.19. The van der Waals surface area contributed by atoms with Crippen molar-refractivity contribution in [2.75, 3.05) is 13.2 Å². The SMILES string of the molecule is CC(C)(C)O[C@H]1CO[C@@H](C(=O)N2CCc3ccccc3[C@@H]2c2ccc(F)cc2)CC1N=[N+]=[N-]. The summed E-state index contributed by atoms with van der Waals surface area (Å²) in [6.45, 7) is 6.47. The van der Waals surface area contributed by atoms with Crippen LogP contribution in [0.4, 0.5) is 4.39 Å². The normalized spacial score (nSPS) is 25.2. The van der Waals surface area contributed by atoms with E-state index in [1.54, 1.807) is 17.0 Å². The minimum atomic E-state index is -0.742. The number of amides is 1. The monoisotopic (exact) mass is 452 g/mol. The second kappa shape index (κ2) is 9.51. The molecule has 4 atom stereocenters. The molecular weight excluding hydrogens is 423 g/mol. The van der Waals surface area contributed by atoms with Crippen LogP contribution < -0.4 is 0 Å². The summed E-state index contributed by atoms with van der Waals surface area (Å²) >= 11 is 0. The quantitative estimate of drug-likeness (QED) is 0.373. The van der Waals surface area contributed by atoms with Gasteiger partial charge in [0.2, 0.25) is 0 Å². The molecule has 1 unspecified atom stereocenters. The summed E-state index contributed by atoms with van der Waals surface area (Å²) in [4.78, 5) is 18.5. The van der Waals surface area contributed by atoms with E-state index in [0.29, 0.717) is 6.54 Å². The zero-order chi connectivity index (χ0) is 23.6. The number of carbonyl (C=O) groups is 1. The van der Waals surface area contributed by atoms with E-state index in [1.807, 2.05) is 39.0 Å². The van der Waals surface area contributed by atoms with Gasteiger partial charge in [0.1, 0.15) is 11.9 Å². The van der Waals surface area contributed by atoms with Crippen molar-refractivity contribution in [3.05, 3.63) is 81.5 Å². The number of rotatable bonds is 4. The standard InChI is InChI=1S/C25H29FN4O3/c1-25(2,3)33-22-15-32-21(14-20(22)28-29-27)24(31)30-13-12-16-6-4-5-7-19(16)23(30)17-8-10-18(26)11-9-17/h4-11,20-23H,12-15H2,1-3H3/t20?,21-,22+,23+/m1/s1. The molecule has 0 aromatic heterocycles. The molecule has 2 aliphatic heterocycles. The second-order valence-corrected chi connectivity index (χ2v) is 9.53. The molecule has 0 bridgehead atoms. The summed E-state index contributed by atoms with van der Waals surface area (Å²) in [5.74, 6) is -0.482. The Morgan fingerprint density at radius 2 is 1.94 bits per heavy atom. The van der Waals surface area contributed by atoms with Crippen LogP contribution in [0.1, 0.15) is 49.9 Å². The van der Waals surface area contributed by atoms with Crippen LogP contribution in [-0.4, -0.2) is 47.8 Å². The molecule has 8 heteroatoms. The van der Waals surface area contributed by atoms with Gasteiger partial charge in [-0.25, -0.2) is 4.39 Å². The summed E-state index contributed by atoms with van der Waals surface area (Å²) in [6, 6.07) is 13.5. The van der Waals surface area contributed by atoms with E-state index in [4.69, 9.17) is 15.0 Å². The first-order chi connectivity index (χ1) is 15.8. The molecule has 1 saturated heterocycles. The minimum Gasteiger partial charge on any atom is -0.370 e. The van der Waals surface area contributed by atoms with Gasteiger partial charge in [-0.15, -0.1) is 0 Å². The molecule has 1 fully saturated rings. The Morgan fingerprint density at radius 1 is 1.21 bits per heavy atom. The van der Waals surface area contributed by atoms with Gasteiger partial charge in [-0.05, 0) is 68.0 Å². The maximum absolute atomic E-state index is 13.7. The zero-order valence-electron chi connectivity index (χ0n) is 19.1. The highest BCUT2D eigenvalue weighted by atomic mass is 19.1. The summed E-state index contributed by atoms with van der Waals surface area (Å²) in [5, 5.41) is 3.91. The van der Waals surface area contributed by atoms with E-state index in [9.17, 15) is 9.18 Å². The number of ether oxygens (including phenoxy) is 2. The topological polar surface area (TPSA) is 87.5 Å². The van der Waals surface area contributed by atoms with Gasteiger partial charge in [-0.2, -0.15) is 0 Å². The molecule has 2 heterocycles. The highest BCUT2D eigenvalue weighted by Gasteiger charge is 2.41. The Labute approximate surface area is 193 Å². The Bertz CT molecular complexity index is 1050. The van der Waals surface area contributed by atoms with Crippen molar-refractivity contribution in [3.8, 4) is 0 Å². The number of halogens is 1. The summed E-state index contributed by atoms with van der Waals surface area (Å²) in [6.07, 6.45) is -0.187. The lowest BCUT2D eigenvalue weighted by molar-refractivity contribution is -0.167. The van der Waals surface area contributed by atoms with Gasteiger partial charge in [0, 0.05) is 11.5 Å². The fourth-order valence-electron chi connectivity index (χ4n) is 4.68. The van der Waals surface area contributed by atoms with E-state index in [2.05, 4.69) is 16.1 Å². The first kappa shape index (κ1) is 23.2. The molecule has 0 saturated carbocycles. The van der Waals surface area contributed by atoms with Gasteiger partial charge in [-0.1, -0.05) is 41.5 Å². The van der Waals surface area contributed by atoms with Crippen molar-refractivity contribution < 1.29 is 18.7 Å². The Hall–Kier alpha value is -2.93. The van der Waals surface area contributed by atoms with Crippen LogP contribution in [0.15, 0.2) is 53.6 Å². The molecule has 4 rings (SSSR count). The van der Waals surface area contributed by atoms with Crippen molar-refractivity contribution >= 4 is 5.91 Å². The Morgan fingerprint density at radius 3 is 2.64 bits per heavy atom. The highest BCUT2D eigenvalue weighted by molar-refractivity contribution is 5.82. The molecule has 174 valence electrons. The molecule has 2 aliphatic rings. The molecule has 1 amide bonds. The molecule has 2 aromatic carbocycles. The highest BCUT2D eigenvalue weighted by Crippen LogP contribution is 2.37. The lowest BCUT2D eigenvalue weighted by atomic mass is 9.87. The van der Waals surface area contributed by atoms with Gasteiger partial charge in [-0.3, -0.25) is 4.79 Å². The Balaban J connectivity index is 1.61. The fourth-order valence-corrected chi connectivity index (χ4v) is 4.68. The van der Waals surface area contributed by atoms with Crippen LogP contribution in [0.5, 0.6) is 0 Å². The smallest absolute Gasteiger partial charge is 0.252 e. The summed E-state index contributed by atoms with van der Waals surface area (Å²) in [5.41, 5.74) is 11.7. The largest absolute Gasteiger partial charge is 0.370 e. The van der Waals surface area contributed by atoms with E-state index in [-0.39, 0.29) is 30.8 Å². The van der Waals surface area contributed by atoms with Gasteiger partial charge in [0.25, 0.3) is 5.91 Å². The first-order valence-corrected chi connectivity index (χ1v) is 11.2. The van der Waals surface area contributed by atoms with E-state index in [1.165, 1.54) is 17.7 Å². The third-order valence-corrected chi connectivity index (χ3v) is 6.08. The van der Waals surface area contributed by atoms with Crippen LogP contribution in [-0.2, 0) is 20.7 Å². The number of benzene rings is 2. The molecule has 0 aliphatic carbocycles. The molecule has 0 spiro atoms. The average Bonchev–Trinajstić information content (AvgIpc) is 2.79. The number of hydrogen-bond acceptors (Lipinski definition) is 4. The van der Waals surface area contributed by atoms with Gasteiger partial charge >= 0.3 is 0 Å². The molecular formula is C25H29FN4O3. The van der Waals surface area contributed by atoms with Crippen molar-refractivity contribution in [1.82, 2.24) is 4.90 Å². The van der Waals surface area contributed by atoms with Crippen LogP contribution >= 0.6 is 0 Å². The number of carbonyl (C=O) groups excluding carboxylic acids is 1. The predicted octanol–water partition coefficient (Wildman–Crippen LogP) is 4.95. The third-order valence-electron chi connectivity index (χ3n) is 6.08. The van der Waals surface area contributed by atoms with Gasteiger partial charge in [0.05, 0.1) is 30.4 Å². The van der Waals surface area contributed by atoms with Crippen molar-refractivity contribution in [2.45, 2.75) is 63.5 Å². The predicted molar refractivity (Wildman–Crippen MR) is 122 cm³/mol. The van der Waals surface area contributed by atoms with E-state index >= 15 is 0 Å². The van der Waals surface area contributed by atoms with Crippen LogP contribution in [0.2, 0.25) is 0 Å². The average molecular weight is 453 g/mol. The second-order valence-electron chi connectivity index (χ2n) is 9.53.